The fourth-order valence-corrected chi connectivity index (χ4v) is 2.00. The average Bonchev–Trinajstić information content (AvgIpc) is 2.41. The molecule has 0 spiro atoms. The smallest absolute Gasteiger partial charge is 0.200 e. The third-order valence-corrected chi connectivity index (χ3v) is 3.06. The lowest BCUT2D eigenvalue weighted by atomic mass is 9.99. The Morgan fingerprint density at radius 1 is 1.14 bits per heavy atom. The second kappa shape index (κ2) is 5.78. The Hall–Kier alpha value is -2.63. The highest BCUT2D eigenvalue weighted by molar-refractivity contribution is 6.10. The van der Waals surface area contributed by atoms with Gasteiger partial charge in [0.15, 0.2) is 5.82 Å². The first-order valence-corrected chi connectivity index (χ1v) is 6.26. The summed E-state index contributed by atoms with van der Waals surface area (Å²) in [4.78, 5) is 12.4. The van der Waals surface area contributed by atoms with E-state index in [2.05, 4.69) is 10.2 Å². The number of anilines is 1. The van der Waals surface area contributed by atoms with Gasteiger partial charge in [0.2, 0.25) is 5.78 Å². The van der Waals surface area contributed by atoms with Crippen LogP contribution >= 0.6 is 0 Å². The molecule has 1 aromatic heterocycles. The predicted octanol–water partition coefficient (Wildman–Crippen LogP) is 3.18. The molecule has 0 bridgehead atoms. The maximum absolute atomic E-state index is 14.0. The number of ketones is 1. The van der Waals surface area contributed by atoms with Gasteiger partial charge < -0.3 is 15.9 Å². The van der Waals surface area contributed by atoms with Crippen molar-refractivity contribution in [2.45, 2.75) is 13.8 Å². The number of aromatic nitrogens is 2. The third kappa shape index (κ3) is 2.94. The number of hydrogen-bond acceptors (Lipinski definition) is 2. The molecule has 0 atom stereocenters. The summed E-state index contributed by atoms with van der Waals surface area (Å²) in [7, 11) is 0. The summed E-state index contributed by atoms with van der Waals surface area (Å²) in [6.07, 6.45) is 3.06. The maximum Gasteiger partial charge on any atom is 0.200 e. The third-order valence-electron chi connectivity index (χ3n) is 3.06. The largest absolute Gasteiger partial charge is 0.396 e. The first-order chi connectivity index (χ1) is 9.91. The van der Waals surface area contributed by atoms with Gasteiger partial charge in [0, 0.05) is 18.0 Å². The standard InChI is InChI=1S/C15H15F2N3O/c1-8-5-9(2)10(7-20-19-6-8)15(21)13-11(16)3-4-12(18)14(13)17/h3-7,19-20H,18H2,1-2H3. The lowest BCUT2D eigenvalue weighted by molar-refractivity contribution is 0.103. The zero-order chi connectivity index (χ0) is 15.6. The van der Waals surface area contributed by atoms with Crippen LogP contribution in [-0.2, 0) is 0 Å². The number of aryl methyl sites for hydroxylation is 2. The van der Waals surface area contributed by atoms with E-state index in [-0.39, 0.29) is 11.3 Å². The molecule has 2 aromatic rings. The zero-order valence-corrected chi connectivity index (χ0v) is 11.6. The van der Waals surface area contributed by atoms with Crippen LogP contribution in [0.25, 0.3) is 0 Å². The minimum atomic E-state index is -1.05. The molecule has 0 aliphatic rings. The summed E-state index contributed by atoms with van der Waals surface area (Å²) in [6, 6.07) is 3.80. The van der Waals surface area contributed by atoms with E-state index in [0.29, 0.717) is 5.56 Å². The highest BCUT2D eigenvalue weighted by atomic mass is 19.1. The number of rotatable bonds is 2. The molecular weight excluding hydrogens is 276 g/mol. The number of halogens is 2. The molecule has 0 fully saturated rings. The van der Waals surface area contributed by atoms with Crippen molar-refractivity contribution in [3.63, 3.8) is 0 Å². The quantitative estimate of drug-likeness (QED) is 0.587. The number of nitrogens with one attached hydrogen (secondary N) is 2. The van der Waals surface area contributed by atoms with Crippen molar-refractivity contribution in [3.8, 4) is 0 Å². The van der Waals surface area contributed by atoms with Gasteiger partial charge in [-0.3, -0.25) is 4.79 Å². The van der Waals surface area contributed by atoms with E-state index in [4.69, 9.17) is 5.73 Å². The summed E-state index contributed by atoms with van der Waals surface area (Å²) in [6.45, 7) is 3.52. The van der Waals surface area contributed by atoms with Gasteiger partial charge in [-0.2, -0.15) is 0 Å². The number of hydrogen-bond donors (Lipinski definition) is 3. The van der Waals surface area contributed by atoms with Crippen LogP contribution in [0, 0.1) is 25.5 Å². The van der Waals surface area contributed by atoms with E-state index in [0.717, 1.165) is 17.7 Å². The van der Waals surface area contributed by atoms with Crippen LogP contribution in [0.15, 0.2) is 30.6 Å². The van der Waals surface area contributed by atoms with Gasteiger partial charge in [-0.15, -0.1) is 0 Å². The normalized spacial score (nSPS) is 10.3. The second-order valence-electron chi connectivity index (χ2n) is 4.72. The number of nitrogens with two attached hydrogens (primary N) is 1. The van der Waals surface area contributed by atoms with E-state index in [9.17, 15) is 13.6 Å². The van der Waals surface area contributed by atoms with Crippen molar-refractivity contribution in [2.24, 2.45) is 0 Å². The molecule has 6 heteroatoms. The molecule has 0 saturated heterocycles. The van der Waals surface area contributed by atoms with Crippen molar-refractivity contribution in [1.29, 1.82) is 0 Å². The lowest BCUT2D eigenvalue weighted by Crippen LogP contribution is -2.11. The molecule has 1 aromatic carbocycles. The van der Waals surface area contributed by atoms with Crippen LogP contribution in [0.3, 0.4) is 0 Å². The Kier molecular flexibility index (Phi) is 4.07. The van der Waals surface area contributed by atoms with Crippen molar-refractivity contribution in [3.05, 3.63) is 64.5 Å². The van der Waals surface area contributed by atoms with Gasteiger partial charge in [0.05, 0.1) is 11.3 Å². The molecule has 0 aliphatic carbocycles. The van der Waals surface area contributed by atoms with Crippen molar-refractivity contribution in [2.75, 3.05) is 5.73 Å². The van der Waals surface area contributed by atoms with Crippen molar-refractivity contribution < 1.29 is 13.6 Å². The molecule has 4 N–H and O–H groups in total. The Morgan fingerprint density at radius 2 is 1.81 bits per heavy atom. The molecular formula is C15H15F2N3O. The maximum atomic E-state index is 14.0. The monoisotopic (exact) mass is 291 g/mol. The molecule has 1 heterocycles. The van der Waals surface area contributed by atoms with Gasteiger partial charge in [-0.05, 0) is 37.1 Å². The summed E-state index contributed by atoms with van der Waals surface area (Å²) in [5.41, 5.74) is 6.07. The number of nitrogen functional groups attached to an aromatic ring is 1. The fourth-order valence-electron chi connectivity index (χ4n) is 2.00. The Morgan fingerprint density at radius 3 is 2.52 bits per heavy atom. The number of H-pyrrole nitrogens is 2. The molecule has 0 amide bonds. The van der Waals surface area contributed by atoms with E-state index >= 15 is 0 Å². The predicted molar refractivity (Wildman–Crippen MR) is 76.4 cm³/mol. The number of carbonyl (C=O) groups excluding carboxylic acids is 1. The Bertz CT molecular complexity index is 745. The van der Waals surface area contributed by atoms with Crippen LogP contribution in [0.2, 0.25) is 0 Å². The first kappa shape index (κ1) is 14.8. The molecule has 21 heavy (non-hydrogen) atoms. The molecule has 4 nitrogen and oxygen atoms in total. The van der Waals surface area contributed by atoms with Crippen LogP contribution in [0.1, 0.15) is 27.0 Å². The summed E-state index contributed by atoms with van der Waals surface area (Å²) >= 11 is 0. The SMILES string of the molecule is Cc1c[nH][nH]cc(C(=O)c2c(F)ccc(N)c2F)c(C)c1. The summed E-state index contributed by atoms with van der Waals surface area (Å²) in [5, 5.41) is 5.41. The van der Waals surface area contributed by atoms with Crippen molar-refractivity contribution >= 4 is 11.5 Å². The van der Waals surface area contributed by atoms with Gasteiger partial charge in [-0.25, -0.2) is 8.78 Å². The van der Waals surface area contributed by atoms with Crippen LogP contribution < -0.4 is 5.73 Å². The fraction of sp³-hybridized carbons (Fsp3) is 0.133. The van der Waals surface area contributed by atoms with E-state index in [1.165, 1.54) is 6.20 Å². The molecule has 0 unspecified atom stereocenters. The molecule has 0 aliphatic heterocycles. The average molecular weight is 291 g/mol. The van der Waals surface area contributed by atoms with E-state index in [1.54, 1.807) is 19.2 Å². The minimum Gasteiger partial charge on any atom is -0.396 e. The second-order valence-corrected chi connectivity index (χ2v) is 4.72. The van der Waals surface area contributed by atoms with Crippen LogP contribution in [0.4, 0.5) is 14.5 Å². The van der Waals surface area contributed by atoms with Gasteiger partial charge in [-0.1, -0.05) is 6.07 Å². The topological polar surface area (TPSA) is 74.7 Å². The van der Waals surface area contributed by atoms with Crippen LogP contribution in [-0.4, -0.2) is 16.0 Å². The lowest BCUT2D eigenvalue weighted by Gasteiger charge is -2.08. The van der Waals surface area contributed by atoms with Gasteiger partial charge in [0.1, 0.15) is 5.82 Å². The minimum absolute atomic E-state index is 0.151. The van der Waals surface area contributed by atoms with Gasteiger partial charge in [0.25, 0.3) is 0 Å². The Labute approximate surface area is 120 Å². The summed E-state index contributed by atoms with van der Waals surface area (Å²) < 4.78 is 27.8. The molecule has 2 rings (SSSR count). The number of aromatic amines is 2. The van der Waals surface area contributed by atoms with Gasteiger partial charge >= 0.3 is 0 Å². The number of benzene rings is 1. The Balaban J connectivity index is 2.67. The van der Waals surface area contributed by atoms with Crippen LogP contribution in [0.5, 0.6) is 0 Å². The zero-order valence-electron chi connectivity index (χ0n) is 11.6. The number of carbonyl (C=O) groups is 1. The highest BCUT2D eigenvalue weighted by Gasteiger charge is 2.22. The molecule has 0 radical (unpaired) electrons. The molecule has 0 saturated carbocycles. The van der Waals surface area contributed by atoms with E-state index in [1.807, 2.05) is 6.92 Å². The molecule has 110 valence electrons. The van der Waals surface area contributed by atoms with Crippen molar-refractivity contribution in [1.82, 2.24) is 10.2 Å². The first-order valence-electron chi connectivity index (χ1n) is 6.26. The summed E-state index contributed by atoms with van der Waals surface area (Å²) in [5.74, 6) is -2.76. The van der Waals surface area contributed by atoms with E-state index < -0.39 is 23.0 Å². The highest BCUT2D eigenvalue weighted by Crippen LogP contribution is 2.22.